The van der Waals surface area contributed by atoms with Crippen LogP contribution in [0.15, 0.2) is 26.8 Å². The molecule has 0 saturated carbocycles. The Morgan fingerprint density at radius 2 is 1.31 bits per heavy atom. The van der Waals surface area contributed by atoms with Crippen LogP contribution < -0.4 is 0 Å². The van der Waals surface area contributed by atoms with E-state index in [2.05, 4.69) is 0 Å². The van der Waals surface area contributed by atoms with E-state index < -0.39 is 43.2 Å². The topological polar surface area (TPSA) is 57.2 Å². The van der Waals surface area contributed by atoms with Crippen molar-refractivity contribution in [3.63, 3.8) is 0 Å². The summed E-state index contributed by atoms with van der Waals surface area (Å²) in [5, 5.41) is 0. The molecule has 2 rings (SSSR count). The number of rotatable bonds is 5. The second-order valence-electron chi connectivity index (χ2n) is 5.59. The minimum absolute atomic E-state index is 0.440. The number of hydrogen-bond donors (Lipinski definition) is 0. The maximum Gasteiger partial charge on any atom is 0.180 e. The molecular weight excluding hydrogens is 392 g/mol. The summed E-state index contributed by atoms with van der Waals surface area (Å²) in [6.07, 6.45) is 1.02. The molecule has 0 aliphatic rings. The quantitative estimate of drug-likeness (QED) is 0.408. The molecule has 0 amide bonds. The minimum atomic E-state index is -5.72. The standard InChI is InChI=1S/C17H16F4O3S2/c1-4-9-6-8(3)7-10(5-2)15(9)25-16-11(18)13(20)17(26(22,23)24)14(21)12(16)19/h6-7H,4-5H2,1-3H3,(H,22,23,24)/p-1. The molecule has 0 N–H and O–H groups in total. The summed E-state index contributed by atoms with van der Waals surface area (Å²) in [7, 11) is -5.72. The first-order valence-corrected chi connectivity index (χ1v) is 9.87. The van der Waals surface area contributed by atoms with Gasteiger partial charge in [0, 0.05) is 4.90 Å². The van der Waals surface area contributed by atoms with Gasteiger partial charge in [0.05, 0.1) is 4.90 Å². The van der Waals surface area contributed by atoms with Gasteiger partial charge in [-0.2, -0.15) is 0 Å². The van der Waals surface area contributed by atoms with Gasteiger partial charge in [-0.05, 0) is 30.9 Å². The lowest BCUT2D eigenvalue weighted by atomic mass is 10.0. The highest BCUT2D eigenvalue weighted by Gasteiger charge is 2.30. The zero-order chi connectivity index (χ0) is 19.8. The summed E-state index contributed by atoms with van der Waals surface area (Å²) in [4.78, 5) is -2.73. The summed E-state index contributed by atoms with van der Waals surface area (Å²) < 4.78 is 89.2. The molecule has 0 radical (unpaired) electrons. The highest BCUT2D eigenvalue weighted by Crippen LogP contribution is 2.40. The second-order valence-corrected chi connectivity index (χ2v) is 7.93. The number of aryl methyl sites for hydroxylation is 3. The van der Waals surface area contributed by atoms with E-state index in [0.29, 0.717) is 29.5 Å². The molecule has 0 fully saturated rings. The van der Waals surface area contributed by atoms with Crippen LogP contribution in [0.25, 0.3) is 0 Å². The van der Waals surface area contributed by atoms with Gasteiger partial charge in [-0.15, -0.1) is 0 Å². The Morgan fingerprint density at radius 1 is 0.885 bits per heavy atom. The SMILES string of the molecule is CCc1cc(C)cc(CC)c1Sc1c(F)c(F)c(S(=O)(=O)[O-])c(F)c1F. The van der Waals surface area contributed by atoms with Crippen LogP contribution in [0.5, 0.6) is 0 Å². The van der Waals surface area contributed by atoms with Gasteiger partial charge in [-0.3, -0.25) is 0 Å². The molecule has 0 aliphatic carbocycles. The van der Waals surface area contributed by atoms with Crippen molar-refractivity contribution in [2.75, 3.05) is 0 Å². The van der Waals surface area contributed by atoms with Crippen molar-refractivity contribution in [1.82, 2.24) is 0 Å². The van der Waals surface area contributed by atoms with E-state index in [-0.39, 0.29) is 0 Å². The van der Waals surface area contributed by atoms with Gasteiger partial charge in [0.25, 0.3) is 0 Å². The molecule has 2 aromatic carbocycles. The smallest absolute Gasteiger partial charge is 0.180 e. The van der Waals surface area contributed by atoms with Crippen LogP contribution >= 0.6 is 11.8 Å². The van der Waals surface area contributed by atoms with Crippen molar-refractivity contribution in [2.24, 2.45) is 0 Å². The van der Waals surface area contributed by atoms with E-state index >= 15 is 0 Å². The van der Waals surface area contributed by atoms with Crippen LogP contribution in [-0.4, -0.2) is 13.0 Å². The van der Waals surface area contributed by atoms with Gasteiger partial charge in [0.2, 0.25) is 0 Å². The first-order valence-electron chi connectivity index (χ1n) is 7.64. The molecule has 0 heterocycles. The normalized spacial score (nSPS) is 11.8. The lowest BCUT2D eigenvalue weighted by Crippen LogP contribution is -2.11. The molecular formula is C17H15F4O3S2-. The Morgan fingerprint density at radius 3 is 1.65 bits per heavy atom. The Balaban J connectivity index is 2.74. The molecule has 9 heteroatoms. The van der Waals surface area contributed by atoms with E-state index in [1.54, 1.807) is 12.1 Å². The number of halogens is 4. The molecule has 0 saturated heterocycles. The second kappa shape index (κ2) is 7.58. The molecule has 142 valence electrons. The van der Waals surface area contributed by atoms with Crippen molar-refractivity contribution in [3.05, 3.63) is 52.1 Å². The van der Waals surface area contributed by atoms with Crippen molar-refractivity contribution in [1.29, 1.82) is 0 Å². The van der Waals surface area contributed by atoms with Gasteiger partial charge in [0.1, 0.15) is 15.0 Å². The average molecular weight is 407 g/mol. The Hall–Kier alpha value is -1.58. The third-order valence-corrected chi connectivity index (χ3v) is 5.94. The van der Waals surface area contributed by atoms with Crippen LogP contribution in [0, 0.1) is 30.2 Å². The van der Waals surface area contributed by atoms with E-state index in [4.69, 9.17) is 0 Å². The predicted molar refractivity (Wildman–Crippen MR) is 88.3 cm³/mol. The van der Waals surface area contributed by atoms with Crippen molar-refractivity contribution >= 4 is 21.9 Å². The van der Waals surface area contributed by atoms with Crippen LogP contribution in [0.1, 0.15) is 30.5 Å². The molecule has 2 aromatic rings. The van der Waals surface area contributed by atoms with Crippen molar-refractivity contribution in [3.8, 4) is 0 Å². The van der Waals surface area contributed by atoms with E-state index in [9.17, 15) is 30.5 Å². The van der Waals surface area contributed by atoms with Gasteiger partial charge in [-0.25, -0.2) is 26.0 Å². The van der Waals surface area contributed by atoms with Crippen LogP contribution in [0.4, 0.5) is 17.6 Å². The molecule has 3 nitrogen and oxygen atoms in total. The monoisotopic (exact) mass is 407 g/mol. The van der Waals surface area contributed by atoms with Crippen LogP contribution in [-0.2, 0) is 23.0 Å². The van der Waals surface area contributed by atoms with Gasteiger partial charge < -0.3 is 4.55 Å². The largest absolute Gasteiger partial charge is 0.744 e. The third kappa shape index (κ3) is 3.74. The first-order chi connectivity index (χ1) is 12.0. The molecule has 0 unspecified atom stereocenters. The predicted octanol–water partition coefficient (Wildman–Crippen LogP) is 4.73. The van der Waals surface area contributed by atoms with Gasteiger partial charge >= 0.3 is 0 Å². The summed E-state index contributed by atoms with van der Waals surface area (Å²) in [5.74, 6) is -8.25. The molecule has 26 heavy (non-hydrogen) atoms. The minimum Gasteiger partial charge on any atom is -0.744 e. The fraction of sp³-hybridized carbons (Fsp3) is 0.294. The fourth-order valence-electron chi connectivity index (χ4n) is 2.59. The van der Waals surface area contributed by atoms with Crippen LogP contribution in [0.3, 0.4) is 0 Å². The van der Waals surface area contributed by atoms with Crippen LogP contribution in [0.2, 0.25) is 0 Å². The zero-order valence-corrected chi connectivity index (χ0v) is 15.8. The third-order valence-electron chi connectivity index (χ3n) is 3.79. The average Bonchev–Trinajstić information content (AvgIpc) is 2.56. The summed E-state index contributed by atoms with van der Waals surface area (Å²) in [6.45, 7) is 5.49. The highest BCUT2D eigenvalue weighted by atomic mass is 32.2. The number of benzene rings is 2. The molecule has 0 spiro atoms. The summed E-state index contributed by atoms with van der Waals surface area (Å²) >= 11 is 0.473. The van der Waals surface area contributed by atoms with Gasteiger partial charge in [0.15, 0.2) is 23.3 Å². The number of hydrogen-bond acceptors (Lipinski definition) is 4. The molecule has 0 atom stereocenters. The maximum atomic E-state index is 14.3. The summed E-state index contributed by atoms with van der Waals surface area (Å²) in [6, 6.07) is 3.58. The lowest BCUT2D eigenvalue weighted by Gasteiger charge is -2.17. The van der Waals surface area contributed by atoms with Crippen molar-refractivity contribution < 1.29 is 30.5 Å². The molecule has 0 aromatic heterocycles. The highest BCUT2D eigenvalue weighted by molar-refractivity contribution is 7.99. The Labute approximate surface area is 153 Å². The van der Waals surface area contributed by atoms with E-state index in [1.165, 1.54) is 0 Å². The van der Waals surface area contributed by atoms with Gasteiger partial charge in [-0.1, -0.05) is 43.3 Å². The zero-order valence-electron chi connectivity index (χ0n) is 14.1. The first kappa shape index (κ1) is 20.7. The Bertz CT molecular complexity index is 918. The van der Waals surface area contributed by atoms with E-state index in [1.807, 2.05) is 20.8 Å². The lowest BCUT2D eigenvalue weighted by molar-refractivity contribution is 0.381. The van der Waals surface area contributed by atoms with E-state index in [0.717, 1.165) is 16.7 Å². The maximum absolute atomic E-state index is 14.3. The molecule has 0 bridgehead atoms. The summed E-state index contributed by atoms with van der Waals surface area (Å²) in [5.41, 5.74) is 2.38. The Kier molecular flexibility index (Phi) is 6.04. The molecule has 0 aliphatic heterocycles. The fourth-order valence-corrected chi connectivity index (χ4v) is 4.44. The van der Waals surface area contributed by atoms with Crippen molar-refractivity contribution in [2.45, 2.75) is 48.3 Å².